The standard InChI is InChI=1S/C18H15N3O5/c1-10-3-5-16(25-2)14(7-10)20-18(22)13-9-11-8-12(21(23)24)4-6-15(11)26-17(13)19/h3-9,19H,1-2H3,(H,20,22). The van der Waals surface area contributed by atoms with Crippen LogP contribution in [-0.4, -0.2) is 17.9 Å². The Hall–Kier alpha value is -3.68. The molecule has 0 unspecified atom stereocenters. The number of amides is 1. The molecule has 3 aromatic rings. The molecule has 0 fully saturated rings. The van der Waals surface area contributed by atoms with Gasteiger partial charge in [-0.1, -0.05) is 6.07 Å². The van der Waals surface area contributed by atoms with Gasteiger partial charge in [0.1, 0.15) is 16.9 Å². The number of nitrogens with one attached hydrogen (secondary N) is 2. The van der Waals surface area contributed by atoms with E-state index in [-0.39, 0.29) is 22.4 Å². The second kappa shape index (κ2) is 6.67. The summed E-state index contributed by atoms with van der Waals surface area (Å²) in [4.78, 5) is 23.0. The molecule has 1 amide bonds. The average Bonchev–Trinajstić information content (AvgIpc) is 2.60. The van der Waals surface area contributed by atoms with Gasteiger partial charge in [-0.05, 0) is 36.8 Å². The van der Waals surface area contributed by atoms with Crippen molar-refractivity contribution in [2.45, 2.75) is 6.92 Å². The van der Waals surface area contributed by atoms with E-state index in [0.717, 1.165) is 5.56 Å². The van der Waals surface area contributed by atoms with Gasteiger partial charge in [0.15, 0.2) is 0 Å². The Kier molecular flexibility index (Phi) is 4.40. The van der Waals surface area contributed by atoms with Crippen molar-refractivity contribution in [1.82, 2.24) is 0 Å². The fourth-order valence-electron chi connectivity index (χ4n) is 2.52. The molecule has 1 heterocycles. The van der Waals surface area contributed by atoms with Crippen LogP contribution in [0.4, 0.5) is 11.4 Å². The summed E-state index contributed by atoms with van der Waals surface area (Å²) >= 11 is 0. The average molecular weight is 353 g/mol. The first-order valence-electron chi connectivity index (χ1n) is 7.62. The quantitative estimate of drug-likeness (QED) is 0.550. The van der Waals surface area contributed by atoms with Gasteiger partial charge in [-0.15, -0.1) is 0 Å². The number of ether oxygens (including phenoxy) is 1. The van der Waals surface area contributed by atoms with Crippen LogP contribution in [0.3, 0.4) is 0 Å². The molecule has 0 aliphatic heterocycles. The SMILES string of the molecule is COc1ccc(C)cc1NC(=O)c1cc2cc([N+](=O)[O-])ccc2oc1=N. The van der Waals surface area contributed by atoms with Gasteiger partial charge in [-0.3, -0.25) is 20.3 Å². The van der Waals surface area contributed by atoms with E-state index in [0.29, 0.717) is 16.8 Å². The molecule has 0 aliphatic rings. The third-order valence-electron chi connectivity index (χ3n) is 3.81. The monoisotopic (exact) mass is 353 g/mol. The molecule has 26 heavy (non-hydrogen) atoms. The number of carbonyl (C=O) groups is 1. The number of methoxy groups -OCH3 is 1. The summed E-state index contributed by atoms with van der Waals surface area (Å²) in [7, 11) is 1.49. The minimum Gasteiger partial charge on any atom is -0.495 e. The number of benzene rings is 2. The molecule has 132 valence electrons. The maximum Gasteiger partial charge on any atom is 0.270 e. The number of fused-ring (bicyclic) bond motifs is 1. The summed E-state index contributed by atoms with van der Waals surface area (Å²) in [6.45, 7) is 1.87. The van der Waals surface area contributed by atoms with Crippen LogP contribution in [0.5, 0.6) is 5.75 Å². The number of nitro groups is 1. The van der Waals surface area contributed by atoms with Crippen molar-refractivity contribution in [2.75, 3.05) is 12.4 Å². The Morgan fingerprint density at radius 1 is 1.23 bits per heavy atom. The van der Waals surface area contributed by atoms with E-state index < -0.39 is 10.8 Å². The fraction of sp³-hybridized carbons (Fsp3) is 0.111. The van der Waals surface area contributed by atoms with Gasteiger partial charge in [0, 0.05) is 17.5 Å². The molecule has 3 rings (SSSR count). The van der Waals surface area contributed by atoms with Gasteiger partial charge in [0.05, 0.1) is 17.7 Å². The molecule has 0 spiro atoms. The zero-order chi connectivity index (χ0) is 18.8. The molecule has 0 saturated heterocycles. The van der Waals surface area contributed by atoms with Crippen LogP contribution in [0.1, 0.15) is 15.9 Å². The number of nitro benzene ring substituents is 1. The highest BCUT2D eigenvalue weighted by atomic mass is 16.6. The highest BCUT2D eigenvalue weighted by Crippen LogP contribution is 2.26. The maximum absolute atomic E-state index is 12.6. The molecule has 0 radical (unpaired) electrons. The van der Waals surface area contributed by atoms with Crippen LogP contribution >= 0.6 is 0 Å². The molecule has 0 aliphatic carbocycles. The number of hydrogen-bond donors (Lipinski definition) is 2. The maximum atomic E-state index is 12.6. The third-order valence-corrected chi connectivity index (χ3v) is 3.81. The van der Waals surface area contributed by atoms with E-state index in [1.807, 2.05) is 13.0 Å². The number of carbonyl (C=O) groups excluding carboxylic acids is 1. The number of nitrogens with zero attached hydrogens (tertiary/aromatic N) is 1. The van der Waals surface area contributed by atoms with Crippen molar-refractivity contribution in [3.05, 3.63) is 69.3 Å². The van der Waals surface area contributed by atoms with Gasteiger partial charge < -0.3 is 14.5 Å². The molecule has 0 bridgehead atoms. The normalized spacial score (nSPS) is 10.5. The van der Waals surface area contributed by atoms with Gasteiger partial charge in [-0.25, -0.2) is 0 Å². The zero-order valence-electron chi connectivity index (χ0n) is 14.0. The molecule has 1 aromatic heterocycles. The highest BCUT2D eigenvalue weighted by molar-refractivity contribution is 6.06. The predicted octanol–water partition coefficient (Wildman–Crippen LogP) is 3.39. The van der Waals surface area contributed by atoms with Gasteiger partial charge in [-0.2, -0.15) is 0 Å². The lowest BCUT2D eigenvalue weighted by atomic mass is 10.1. The number of non-ortho nitro benzene ring substituents is 1. The largest absolute Gasteiger partial charge is 0.495 e. The van der Waals surface area contributed by atoms with Crippen LogP contribution in [0.2, 0.25) is 0 Å². The van der Waals surface area contributed by atoms with E-state index in [9.17, 15) is 14.9 Å². The van der Waals surface area contributed by atoms with Crippen LogP contribution in [0, 0.1) is 22.4 Å². The van der Waals surface area contributed by atoms with Crippen LogP contribution < -0.4 is 15.6 Å². The van der Waals surface area contributed by atoms with Gasteiger partial charge >= 0.3 is 0 Å². The Bertz CT molecular complexity index is 1090. The number of anilines is 1. The minimum absolute atomic E-state index is 0.0402. The Labute approximate surface area is 147 Å². The molecule has 2 aromatic carbocycles. The molecule has 0 atom stereocenters. The van der Waals surface area contributed by atoms with E-state index in [4.69, 9.17) is 14.6 Å². The smallest absolute Gasteiger partial charge is 0.270 e. The molecular formula is C18H15N3O5. The second-order valence-electron chi connectivity index (χ2n) is 5.63. The number of aryl methyl sites for hydroxylation is 1. The molecule has 0 saturated carbocycles. The summed E-state index contributed by atoms with van der Waals surface area (Å²) in [6.07, 6.45) is 0. The van der Waals surface area contributed by atoms with Crippen molar-refractivity contribution in [2.24, 2.45) is 0 Å². The molecule has 8 heteroatoms. The predicted molar refractivity (Wildman–Crippen MR) is 94.4 cm³/mol. The zero-order valence-corrected chi connectivity index (χ0v) is 14.0. The summed E-state index contributed by atoms with van der Waals surface area (Å²) in [5.41, 5.74) is 1.15. The first kappa shape index (κ1) is 17.2. The van der Waals surface area contributed by atoms with E-state index in [1.54, 1.807) is 12.1 Å². The second-order valence-corrected chi connectivity index (χ2v) is 5.63. The first-order valence-corrected chi connectivity index (χ1v) is 7.62. The van der Waals surface area contributed by atoms with Crippen LogP contribution in [0.15, 0.2) is 46.9 Å². The Balaban J connectivity index is 2.02. The van der Waals surface area contributed by atoms with E-state index >= 15 is 0 Å². The summed E-state index contributed by atoms with van der Waals surface area (Å²) < 4.78 is 10.5. The first-order chi connectivity index (χ1) is 12.4. The van der Waals surface area contributed by atoms with Crippen molar-refractivity contribution in [3.8, 4) is 5.75 Å². The van der Waals surface area contributed by atoms with E-state index in [1.165, 1.54) is 31.4 Å². The lowest BCUT2D eigenvalue weighted by Gasteiger charge is -2.11. The van der Waals surface area contributed by atoms with Gasteiger partial charge in [0.2, 0.25) is 5.55 Å². The molecule has 2 N–H and O–H groups in total. The van der Waals surface area contributed by atoms with Crippen molar-refractivity contribution in [1.29, 1.82) is 5.41 Å². The van der Waals surface area contributed by atoms with E-state index in [2.05, 4.69) is 5.32 Å². The van der Waals surface area contributed by atoms with Gasteiger partial charge in [0.25, 0.3) is 11.6 Å². The summed E-state index contributed by atoms with van der Waals surface area (Å²) in [5, 5.41) is 21.9. The number of rotatable bonds is 4. The fourth-order valence-corrected chi connectivity index (χ4v) is 2.52. The molecular weight excluding hydrogens is 338 g/mol. The van der Waals surface area contributed by atoms with Crippen molar-refractivity contribution < 1.29 is 18.9 Å². The summed E-state index contributed by atoms with van der Waals surface area (Å²) in [5.74, 6) is -0.0973. The lowest BCUT2D eigenvalue weighted by Crippen LogP contribution is -2.21. The third kappa shape index (κ3) is 3.25. The van der Waals surface area contributed by atoms with Crippen LogP contribution in [-0.2, 0) is 0 Å². The Morgan fingerprint density at radius 3 is 2.69 bits per heavy atom. The lowest BCUT2D eigenvalue weighted by molar-refractivity contribution is -0.384. The molecule has 8 nitrogen and oxygen atoms in total. The van der Waals surface area contributed by atoms with Crippen molar-refractivity contribution in [3.63, 3.8) is 0 Å². The Morgan fingerprint density at radius 2 is 2.00 bits per heavy atom. The topological polar surface area (TPSA) is 118 Å². The van der Waals surface area contributed by atoms with Crippen molar-refractivity contribution >= 4 is 28.3 Å². The minimum atomic E-state index is -0.573. The van der Waals surface area contributed by atoms with Crippen LogP contribution in [0.25, 0.3) is 11.0 Å². The summed E-state index contributed by atoms with van der Waals surface area (Å²) in [6, 6.07) is 10.7. The number of hydrogen-bond acceptors (Lipinski definition) is 6. The highest BCUT2D eigenvalue weighted by Gasteiger charge is 2.16.